The van der Waals surface area contributed by atoms with Crippen molar-refractivity contribution in [3.63, 3.8) is 0 Å². The summed E-state index contributed by atoms with van der Waals surface area (Å²) in [7, 11) is 1.56. The van der Waals surface area contributed by atoms with Gasteiger partial charge in [0.25, 0.3) is 5.92 Å². The predicted octanol–water partition coefficient (Wildman–Crippen LogP) is 6.92. The van der Waals surface area contributed by atoms with Gasteiger partial charge < -0.3 is 18.6 Å². The molecule has 0 aliphatic carbocycles. The maximum atomic E-state index is 13.7. The molecule has 1 saturated heterocycles. The molecule has 4 heterocycles. The van der Waals surface area contributed by atoms with Crippen molar-refractivity contribution >= 4 is 21.9 Å². The van der Waals surface area contributed by atoms with Gasteiger partial charge in [-0.2, -0.15) is 8.78 Å². The Morgan fingerprint density at radius 1 is 1.10 bits per heavy atom. The van der Waals surface area contributed by atoms with Gasteiger partial charge in [-0.05, 0) is 32.9 Å². The normalized spacial score (nSPS) is 16.4. The molecule has 3 aromatic heterocycles. The Balaban J connectivity index is 0.00000181. The highest BCUT2D eigenvalue weighted by Gasteiger charge is 2.34. The number of hydrogen-bond acceptors (Lipinski definition) is 7. The molecule has 0 bridgehead atoms. The molecule has 8 nitrogen and oxygen atoms in total. The lowest BCUT2D eigenvalue weighted by Gasteiger charge is -2.31. The number of halogens is 4. The number of aromatic nitrogens is 4. The van der Waals surface area contributed by atoms with Crippen molar-refractivity contribution in [1.82, 2.24) is 24.6 Å². The third-order valence-corrected chi connectivity index (χ3v) is 7.07. The number of ether oxygens (including phenoxy) is 2. The van der Waals surface area contributed by atoms with Crippen molar-refractivity contribution < 1.29 is 31.6 Å². The quantitative estimate of drug-likeness (QED) is 0.215. The van der Waals surface area contributed by atoms with E-state index in [4.69, 9.17) is 14.2 Å². The second-order valence-electron chi connectivity index (χ2n) is 9.73. The molecular weight excluding hydrogens is 530 g/mol. The number of rotatable bonds is 8. The van der Waals surface area contributed by atoms with Crippen LogP contribution < -0.4 is 4.74 Å². The fraction of sp³-hybridized carbons (Fsp3) is 0.536. The molecule has 218 valence electrons. The van der Waals surface area contributed by atoms with Crippen LogP contribution in [0.4, 0.5) is 17.6 Å². The summed E-state index contributed by atoms with van der Waals surface area (Å²) in [6, 6.07) is 3.20. The number of piperidine rings is 1. The van der Waals surface area contributed by atoms with E-state index in [1.807, 2.05) is 49.3 Å². The van der Waals surface area contributed by atoms with E-state index >= 15 is 0 Å². The molecule has 0 spiro atoms. The maximum absolute atomic E-state index is 13.7. The number of likely N-dealkylation sites (tertiary alicyclic amines) is 1. The standard InChI is InChI=1S/C26H29F4N5O3.C2H6/c1-14(13-37-25(27)28)35-22(12-34-7-5-26(29,30)6-8-34)32-20-11-31-19-9-18(23-15(2)33-38-16(23)3)21(36-4)10-17(19)24(20)35;1-2/h9-11,14,25H,5-8,12-13H2,1-4H3;1-2H3. The molecule has 1 aromatic carbocycles. The van der Waals surface area contributed by atoms with E-state index in [0.29, 0.717) is 51.5 Å². The Labute approximate surface area is 230 Å². The van der Waals surface area contributed by atoms with Crippen LogP contribution in [0.5, 0.6) is 5.75 Å². The van der Waals surface area contributed by atoms with Gasteiger partial charge in [-0.3, -0.25) is 9.88 Å². The first-order valence-electron chi connectivity index (χ1n) is 13.4. The molecule has 40 heavy (non-hydrogen) atoms. The lowest BCUT2D eigenvalue weighted by molar-refractivity contribution is -0.135. The molecule has 1 aliphatic rings. The van der Waals surface area contributed by atoms with Crippen LogP contribution in [-0.4, -0.2) is 63.9 Å². The van der Waals surface area contributed by atoms with Gasteiger partial charge in [0.1, 0.15) is 22.9 Å². The van der Waals surface area contributed by atoms with Crippen LogP contribution in [0.15, 0.2) is 22.9 Å². The van der Waals surface area contributed by atoms with E-state index in [-0.39, 0.29) is 32.5 Å². The first kappa shape index (κ1) is 29.7. The SMILES string of the molecule is CC.COc1cc2c(cc1-c1c(C)noc1C)ncc1nc(CN3CCC(F)(F)CC3)n(C(C)COC(F)F)c12. The molecular formula is C28H35F4N5O3. The number of hydrogen-bond donors (Lipinski definition) is 0. The Kier molecular flexibility index (Phi) is 8.99. The summed E-state index contributed by atoms with van der Waals surface area (Å²) in [5, 5.41) is 4.76. The van der Waals surface area contributed by atoms with Gasteiger partial charge in [0.15, 0.2) is 0 Å². The first-order chi connectivity index (χ1) is 19.1. The molecule has 0 N–H and O–H groups in total. The average molecular weight is 566 g/mol. The Morgan fingerprint density at radius 3 is 2.40 bits per heavy atom. The topological polar surface area (TPSA) is 78.4 Å². The lowest BCUT2D eigenvalue weighted by Crippen LogP contribution is -2.39. The van der Waals surface area contributed by atoms with Crippen molar-refractivity contribution in [3.8, 4) is 16.9 Å². The van der Waals surface area contributed by atoms with Crippen molar-refractivity contribution in [3.05, 3.63) is 35.6 Å². The van der Waals surface area contributed by atoms with E-state index in [9.17, 15) is 17.6 Å². The van der Waals surface area contributed by atoms with Crippen molar-refractivity contribution in [2.75, 3.05) is 26.8 Å². The Bertz CT molecular complexity index is 1440. The van der Waals surface area contributed by atoms with Gasteiger partial charge >= 0.3 is 6.61 Å². The number of imidazole rings is 1. The average Bonchev–Trinajstić information content (AvgIpc) is 3.47. The zero-order valence-electron chi connectivity index (χ0n) is 23.6. The molecule has 0 radical (unpaired) electrons. The molecule has 4 aromatic rings. The summed E-state index contributed by atoms with van der Waals surface area (Å²) in [5.74, 6) is -0.910. The molecule has 0 amide bonds. The third-order valence-electron chi connectivity index (χ3n) is 7.07. The number of aryl methyl sites for hydroxylation is 2. The second kappa shape index (κ2) is 12.1. The molecule has 1 fully saturated rings. The van der Waals surface area contributed by atoms with E-state index in [0.717, 1.165) is 11.1 Å². The molecule has 1 aliphatic heterocycles. The largest absolute Gasteiger partial charge is 0.496 e. The lowest BCUT2D eigenvalue weighted by atomic mass is 10.0. The third kappa shape index (κ3) is 5.92. The van der Waals surface area contributed by atoms with Gasteiger partial charge in [0.2, 0.25) is 0 Å². The zero-order valence-corrected chi connectivity index (χ0v) is 23.6. The minimum absolute atomic E-state index is 0.214. The van der Waals surface area contributed by atoms with Crippen LogP contribution in [0.3, 0.4) is 0 Å². The fourth-order valence-corrected chi connectivity index (χ4v) is 5.19. The van der Waals surface area contributed by atoms with Crippen molar-refractivity contribution in [2.24, 2.45) is 0 Å². The number of nitrogens with zero attached hydrogens (tertiary/aromatic N) is 5. The molecule has 12 heteroatoms. The van der Waals surface area contributed by atoms with Gasteiger partial charge in [0.05, 0.1) is 54.8 Å². The zero-order chi connectivity index (χ0) is 29.2. The summed E-state index contributed by atoms with van der Waals surface area (Å²) in [6.07, 6.45) is 1.17. The van der Waals surface area contributed by atoms with E-state index < -0.39 is 18.6 Å². The number of pyridine rings is 1. The van der Waals surface area contributed by atoms with Crippen LogP contribution in [0, 0.1) is 13.8 Å². The van der Waals surface area contributed by atoms with E-state index in [2.05, 4.69) is 14.9 Å². The number of fused-ring (bicyclic) bond motifs is 3. The van der Waals surface area contributed by atoms with Gasteiger partial charge in [-0.1, -0.05) is 19.0 Å². The van der Waals surface area contributed by atoms with Gasteiger partial charge in [-0.25, -0.2) is 13.8 Å². The summed E-state index contributed by atoms with van der Waals surface area (Å²) < 4.78 is 70.9. The second-order valence-corrected chi connectivity index (χ2v) is 9.73. The Hall–Kier alpha value is -3.25. The van der Waals surface area contributed by atoms with E-state index in [1.165, 1.54) is 0 Å². The summed E-state index contributed by atoms with van der Waals surface area (Å²) in [4.78, 5) is 11.3. The fourth-order valence-electron chi connectivity index (χ4n) is 5.19. The minimum atomic E-state index is -2.92. The molecule has 1 atom stereocenters. The van der Waals surface area contributed by atoms with Gasteiger partial charge in [0, 0.05) is 36.9 Å². The highest BCUT2D eigenvalue weighted by atomic mass is 19.3. The molecule has 0 saturated carbocycles. The highest BCUT2D eigenvalue weighted by Crippen LogP contribution is 2.40. The van der Waals surface area contributed by atoms with Crippen LogP contribution in [0.1, 0.15) is 56.9 Å². The van der Waals surface area contributed by atoms with Crippen molar-refractivity contribution in [2.45, 2.75) is 72.6 Å². The minimum Gasteiger partial charge on any atom is -0.496 e. The van der Waals surface area contributed by atoms with E-state index in [1.54, 1.807) is 20.2 Å². The maximum Gasteiger partial charge on any atom is 0.345 e. The van der Waals surface area contributed by atoms with Crippen LogP contribution >= 0.6 is 0 Å². The van der Waals surface area contributed by atoms with Crippen LogP contribution in [0.2, 0.25) is 0 Å². The summed E-state index contributed by atoms with van der Waals surface area (Å²) >= 11 is 0. The molecule has 1 unspecified atom stereocenters. The van der Waals surface area contributed by atoms with Crippen molar-refractivity contribution in [1.29, 1.82) is 0 Å². The monoisotopic (exact) mass is 565 g/mol. The van der Waals surface area contributed by atoms with Crippen LogP contribution in [-0.2, 0) is 11.3 Å². The first-order valence-corrected chi connectivity index (χ1v) is 13.4. The van der Waals surface area contributed by atoms with Crippen LogP contribution in [0.25, 0.3) is 33.1 Å². The smallest absolute Gasteiger partial charge is 0.345 e. The summed E-state index contributed by atoms with van der Waals surface area (Å²) in [5.41, 5.74) is 4.16. The number of alkyl halides is 4. The summed E-state index contributed by atoms with van der Waals surface area (Å²) in [6.45, 7) is 6.96. The van der Waals surface area contributed by atoms with Gasteiger partial charge in [-0.15, -0.1) is 0 Å². The predicted molar refractivity (Wildman–Crippen MR) is 144 cm³/mol. The highest BCUT2D eigenvalue weighted by molar-refractivity contribution is 6.05. The number of benzene rings is 1. The molecule has 5 rings (SSSR count). The number of methoxy groups -OCH3 is 1. The Morgan fingerprint density at radius 2 is 1.80 bits per heavy atom.